The Kier molecular flexibility index (Phi) is 9.83. The Morgan fingerprint density at radius 2 is 1.72 bits per heavy atom. The van der Waals surface area contributed by atoms with E-state index in [9.17, 15) is 27.2 Å². The molecule has 2 aromatic carbocycles. The number of aromatic nitrogens is 1. The summed E-state index contributed by atoms with van der Waals surface area (Å²) >= 11 is 0. The minimum absolute atomic E-state index is 0.0202. The fourth-order valence-electron chi connectivity index (χ4n) is 4.67. The average Bonchev–Trinajstić information content (AvgIpc) is 3.39. The molecule has 0 spiro atoms. The molecule has 0 saturated heterocycles. The maximum Gasteiger partial charge on any atom is 0.389 e. The predicted molar refractivity (Wildman–Crippen MR) is 165 cm³/mol. The fraction of sp³-hybridized carbons (Fsp3) is 0.273. The van der Waals surface area contributed by atoms with Crippen molar-refractivity contribution in [2.45, 2.75) is 38.4 Å². The number of alkyl halides is 3. The quantitative estimate of drug-likeness (QED) is 0.105. The highest BCUT2D eigenvalue weighted by Crippen LogP contribution is 2.38. The molecule has 0 radical (unpaired) electrons. The second kappa shape index (κ2) is 13.4. The number of halogens is 4. The molecular formula is C33H32F4N4O5. The van der Waals surface area contributed by atoms with Crippen molar-refractivity contribution in [2.24, 2.45) is 4.99 Å². The monoisotopic (exact) mass is 640 g/mol. The molecule has 0 saturated carbocycles. The smallest absolute Gasteiger partial charge is 0.389 e. The van der Waals surface area contributed by atoms with E-state index in [1.54, 1.807) is 19.9 Å². The Hall–Kier alpha value is -5.20. The van der Waals surface area contributed by atoms with E-state index in [1.165, 1.54) is 70.1 Å². The van der Waals surface area contributed by atoms with Gasteiger partial charge in [-0.2, -0.15) is 13.2 Å². The van der Waals surface area contributed by atoms with Crippen LogP contribution in [0.3, 0.4) is 0 Å². The molecule has 13 heteroatoms. The molecule has 242 valence electrons. The Labute approximate surface area is 262 Å². The van der Waals surface area contributed by atoms with E-state index in [0.717, 1.165) is 0 Å². The largest absolute Gasteiger partial charge is 0.496 e. The second-order valence-electron chi connectivity index (χ2n) is 10.8. The third kappa shape index (κ3) is 7.36. The number of rotatable bonds is 11. The normalized spacial score (nSPS) is 11.9. The molecule has 0 aliphatic rings. The molecule has 2 N–H and O–H groups in total. The van der Waals surface area contributed by atoms with Crippen LogP contribution in [-0.4, -0.2) is 56.2 Å². The van der Waals surface area contributed by atoms with Gasteiger partial charge >= 0.3 is 6.18 Å². The molecule has 4 aromatic rings. The van der Waals surface area contributed by atoms with E-state index in [0.29, 0.717) is 16.8 Å². The van der Waals surface area contributed by atoms with Crippen LogP contribution in [0.4, 0.5) is 17.6 Å². The molecule has 0 unspecified atom stereocenters. The van der Waals surface area contributed by atoms with Crippen molar-refractivity contribution in [3.05, 3.63) is 83.4 Å². The molecule has 2 amide bonds. The second-order valence-corrected chi connectivity index (χ2v) is 10.8. The SMILES string of the molecule is C=C(N=COC)C(C)(C)NC(=O)c1cc(-c2cc3c(C(=O)NC)c(-c4ccc(F)cc4)oc3nc2CCC(F)(F)F)ccc1OC. The summed E-state index contributed by atoms with van der Waals surface area (Å²) in [6.07, 6.45) is -5.02. The van der Waals surface area contributed by atoms with Gasteiger partial charge in [0.15, 0.2) is 6.40 Å². The molecule has 9 nitrogen and oxygen atoms in total. The number of nitrogens with zero attached hydrogens (tertiary/aromatic N) is 2. The minimum Gasteiger partial charge on any atom is -0.496 e. The molecule has 0 bridgehead atoms. The zero-order valence-electron chi connectivity index (χ0n) is 25.8. The van der Waals surface area contributed by atoms with Gasteiger partial charge in [-0.25, -0.2) is 14.4 Å². The maximum absolute atomic E-state index is 13.7. The van der Waals surface area contributed by atoms with E-state index < -0.39 is 42.2 Å². The summed E-state index contributed by atoms with van der Waals surface area (Å²) in [5.41, 5.74) is 0.264. The van der Waals surface area contributed by atoms with Gasteiger partial charge in [0.1, 0.15) is 17.3 Å². The van der Waals surface area contributed by atoms with E-state index in [1.807, 2.05) is 0 Å². The first-order valence-electron chi connectivity index (χ1n) is 14.0. The van der Waals surface area contributed by atoms with Gasteiger partial charge in [-0.05, 0) is 68.3 Å². The summed E-state index contributed by atoms with van der Waals surface area (Å²) < 4.78 is 70.1. The van der Waals surface area contributed by atoms with Crippen molar-refractivity contribution in [1.29, 1.82) is 0 Å². The molecule has 2 heterocycles. The standard InChI is InChI=1S/C33H32F4N4O5/c1-18(39-17-44-5)32(2,3)41-29(42)23-15-20(9-12-26(23)45-6)22-16-24-27(30(43)38-4)28(19-7-10-21(34)11-8-19)46-31(24)40-25(22)13-14-33(35,36)37/h7-12,15-17H,1,13-14H2,2-6H3,(H,38,43)(H,41,42). The van der Waals surface area contributed by atoms with Gasteiger partial charge in [0.2, 0.25) is 5.71 Å². The van der Waals surface area contributed by atoms with Crippen LogP contribution in [0, 0.1) is 5.82 Å². The van der Waals surface area contributed by atoms with Gasteiger partial charge in [-0.3, -0.25) is 9.59 Å². The Morgan fingerprint density at radius 3 is 2.33 bits per heavy atom. The number of ether oxygens (including phenoxy) is 2. The minimum atomic E-state index is -4.49. The van der Waals surface area contributed by atoms with Gasteiger partial charge in [0.05, 0.1) is 47.7 Å². The first-order chi connectivity index (χ1) is 21.7. The molecule has 4 rings (SSSR count). The van der Waals surface area contributed by atoms with Crippen molar-refractivity contribution in [2.75, 3.05) is 21.3 Å². The highest BCUT2D eigenvalue weighted by atomic mass is 19.4. The van der Waals surface area contributed by atoms with E-state index >= 15 is 0 Å². The molecule has 0 aliphatic carbocycles. The summed E-state index contributed by atoms with van der Waals surface area (Å²) in [5, 5.41) is 5.58. The lowest BCUT2D eigenvalue weighted by Crippen LogP contribution is -2.44. The predicted octanol–water partition coefficient (Wildman–Crippen LogP) is 6.86. The fourth-order valence-corrected chi connectivity index (χ4v) is 4.67. The molecule has 0 atom stereocenters. The number of fused-ring (bicyclic) bond motifs is 1. The average molecular weight is 641 g/mol. The Balaban J connectivity index is 1.91. The van der Waals surface area contributed by atoms with Crippen LogP contribution in [0.2, 0.25) is 0 Å². The molecule has 0 fully saturated rings. The number of amides is 2. The number of hydrogen-bond donors (Lipinski definition) is 2. The number of aliphatic imine (C=N–C) groups is 1. The summed E-state index contributed by atoms with van der Waals surface area (Å²) in [4.78, 5) is 35.1. The third-order valence-corrected chi connectivity index (χ3v) is 7.18. The summed E-state index contributed by atoms with van der Waals surface area (Å²) in [5.74, 6) is -1.37. The lowest BCUT2D eigenvalue weighted by atomic mass is 9.95. The van der Waals surface area contributed by atoms with Gasteiger partial charge in [-0.1, -0.05) is 12.6 Å². The number of furan rings is 1. The third-order valence-electron chi connectivity index (χ3n) is 7.18. The lowest BCUT2D eigenvalue weighted by molar-refractivity contribution is -0.134. The van der Waals surface area contributed by atoms with Crippen LogP contribution in [0.15, 0.2) is 70.2 Å². The first kappa shape index (κ1) is 33.7. The van der Waals surface area contributed by atoms with E-state index in [4.69, 9.17) is 13.9 Å². The molecular weight excluding hydrogens is 608 g/mol. The van der Waals surface area contributed by atoms with Gasteiger partial charge < -0.3 is 24.5 Å². The van der Waals surface area contributed by atoms with Crippen LogP contribution in [-0.2, 0) is 11.2 Å². The van der Waals surface area contributed by atoms with Crippen molar-refractivity contribution in [3.63, 3.8) is 0 Å². The van der Waals surface area contributed by atoms with Gasteiger partial charge in [0, 0.05) is 24.6 Å². The number of methoxy groups -OCH3 is 2. The zero-order chi connectivity index (χ0) is 33.8. The van der Waals surface area contributed by atoms with E-state index in [2.05, 4.69) is 27.2 Å². The van der Waals surface area contributed by atoms with Crippen molar-refractivity contribution in [3.8, 4) is 28.2 Å². The van der Waals surface area contributed by atoms with Gasteiger partial charge in [-0.15, -0.1) is 0 Å². The van der Waals surface area contributed by atoms with Crippen LogP contribution in [0.5, 0.6) is 5.75 Å². The van der Waals surface area contributed by atoms with Crippen LogP contribution in [0.25, 0.3) is 33.6 Å². The first-order valence-corrected chi connectivity index (χ1v) is 14.0. The van der Waals surface area contributed by atoms with Crippen LogP contribution >= 0.6 is 0 Å². The summed E-state index contributed by atoms with van der Waals surface area (Å²) in [7, 11) is 4.20. The zero-order valence-corrected chi connectivity index (χ0v) is 25.8. The van der Waals surface area contributed by atoms with Crippen LogP contribution < -0.4 is 15.4 Å². The number of nitrogens with one attached hydrogen (secondary N) is 2. The Morgan fingerprint density at radius 1 is 1.04 bits per heavy atom. The highest BCUT2D eigenvalue weighted by Gasteiger charge is 2.30. The lowest BCUT2D eigenvalue weighted by Gasteiger charge is -2.26. The summed E-state index contributed by atoms with van der Waals surface area (Å²) in [6, 6.07) is 11.2. The van der Waals surface area contributed by atoms with Crippen molar-refractivity contribution < 1.29 is 41.0 Å². The number of pyridine rings is 1. The number of carbonyl (C=O) groups is 2. The maximum atomic E-state index is 13.7. The Bertz CT molecular complexity index is 1810. The number of carbonyl (C=O) groups excluding carboxylic acids is 2. The summed E-state index contributed by atoms with van der Waals surface area (Å²) in [6.45, 7) is 7.24. The molecule has 46 heavy (non-hydrogen) atoms. The number of hydrogen-bond acceptors (Lipinski definition) is 7. The molecule has 2 aromatic heterocycles. The van der Waals surface area contributed by atoms with Crippen molar-refractivity contribution in [1.82, 2.24) is 15.6 Å². The highest BCUT2D eigenvalue weighted by molar-refractivity contribution is 6.11. The van der Waals surface area contributed by atoms with Gasteiger partial charge in [0.25, 0.3) is 11.8 Å². The number of aryl methyl sites for hydroxylation is 1. The van der Waals surface area contributed by atoms with E-state index in [-0.39, 0.29) is 45.0 Å². The molecule has 0 aliphatic heterocycles. The van der Waals surface area contributed by atoms with Crippen LogP contribution in [0.1, 0.15) is 46.7 Å². The topological polar surface area (TPSA) is 115 Å². The van der Waals surface area contributed by atoms with Crippen molar-refractivity contribution >= 4 is 29.3 Å². The number of benzene rings is 2.